The predicted molar refractivity (Wildman–Crippen MR) is 71.7 cm³/mol. The maximum atomic E-state index is 5.63. The van der Waals surface area contributed by atoms with Crippen LogP contribution in [0.4, 0.5) is 5.82 Å². The van der Waals surface area contributed by atoms with Crippen molar-refractivity contribution in [2.24, 2.45) is 0 Å². The third kappa shape index (κ3) is 5.04. The van der Waals surface area contributed by atoms with Crippen LogP contribution in [0, 0.1) is 0 Å². The van der Waals surface area contributed by atoms with Gasteiger partial charge >= 0.3 is 0 Å². The molecule has 0 atom stereocenters. The van der Waals surface area contributed by atoms with Gasteiger partial charge in [-0.3, -0.25) is 0 Å². The zero-order valence-corrected chi connectivity index (χ0v) is 11.1. The average molecular weight is 237 g/mol. The molecule has 0 aromatic carbocycles. The molecule has 17 heavy (non-hydrogen) atoms. The summed E-state index contributed by atoms with van der Waals surface area (Å²) in [6, 6.07) is 3.85. The predicted octanol–water partition coefficient (Wildman–Crippen LogP) is 2.23. The number of ether oxygens (including phenoxy) is 1. The van der Waals surface area contributed by atoms with Crippen molar-refractivity contribution in [3.05, 3.63) is 18.3 Å². The first-order valence-corrected chi connectivity index (χ1v) is 6.28. The standard InChI is InChI=1S/C13H23N3O/c1-4-11-17-12-7-6-8-14-13(12)15-9-10-16(3)5-2/h6-8H,4-5,9-11H2,1-3H3,(H,14,15). The Labute approximate surface area is 104 Å². The van der Waals surface area contributed by atoms with Gasteiger partial charge in [0.15, 0.2) is 11.6 Å². The summed E-state index contributed by atoms with van der Waals surface area (Å²) < 4.78 is 5.63. The van der Waals surface area contributed by atoms with Crippen molar-refractivity contribution in [3.63, 3.8) is 0 Å². The lowest BCUT2D eigenvalue weighted by Gasteiger charge is -2.15. The van der Waals surface area contributed by atoms with Gasteiger partial charge in [-0.25, -0.2) is 4.98 Å². The van der Waals surface area contributed by atoms with Gasteiger partial charge in [-0.15, -0.1) is 0 Å². The number of aromatic nitrogens is 1. The van der Waals surface area contributed by atoms with E-state index in [9.17, 15) is 0 Å². The topological polar surface area (TPSA) is 37.4 Å². The van der Waals surface area contributed by atoms with Crippen LogP contribution in [0.25, 0.3) is 0 Å². The van der Waals surface area contributed by atoms with Crippen LogP contribution in [0.3, 0.4) is 0 Å². The quantitative estimate of drug-likeness (QED) is 0.752. The minimum Gasteiger partial charge on any atom is -0.490 e. The number of pyridine rings is 1. The van der Waals surface area contributed by atoms with Crippen molar-refractivity contribution in [3.8, 4) is 5.75 Å². The van der Waals surface area contributed by atoms with E-state index >= 15 is 0 Å². The third-order valence-corrected chi connectivity index (χ3v) is 2.56. The Morgan fingerprint density at radius 3 is 2.94 bits per heavy atom. The maximum Gasteiger partial charge on any atom is 0.168 e. The van der Waals surface area contributed by atoms with E-state index in [1.807, 2.05) is 12.1 Å². The summed E-state index contributed by atoms with van der Waals surface area (Å²) in [7, 11) is 2.11. The third-order valence-electron chi connectivity index (χ3n) is 2.56. The van der Waals surface area contributed by atoms with Crippen molar-refractivity contribution in [2.45, 2.75) is 20.3 Å². The van der Waals surface area contributed by atoms with Gasteiger partial charge in [-0.2, -0.15) is 0 Å². The Morgan fingerprint density at radius 2 is 2.24 bits per heavy atom. The fraction of sp³-hybridized carbons (Fsp3) is 0.615. The molecule has 0 aliphatic heterocycles. The van der Waals surface area contributed by atoms with E-state index in [1.54, 1.807) is 6.20 Å². The van der Waals surface area contributed by atoms with E-state index in [4.69, 9.17) is 4.74 Å². The molecule has 1 aromatic heterocycles. The first kappa shape index (κ1) is 13.8. The Morgan fingerprint density at radius 1 is 1.41 bits per heavy atom. The van der Waals surface area contributed by atoms with Crippen molar-refractivity contribution >= 4 is 5.82 Å². The highest BCUT2D eigenvalue weighted by atomic mass is 16.5. The van der Waals surface area contributed by atoms with Gasteiger partial charge in [0, 0.05) is 19.3 Å². The van der Waals surface area contributed by atoms with Gasteiger partial charge in [0.2, 0.25) is 0 Å². The molecule has 0 unspecified atom stereocenters. The minimum absolute atomic E-state index is 0.731. The normalized spacial score (nSPS) is 10.6. The molecule has 1 heterocycles. The maximum absolute atomic E-state index is 5.63. The van der Waals surface area contributed by atoms with Gasteiger partial charge in [-0.05, 0) is 32.1 Å². The molecule has 0 radical (unpaired) electrons. The highest BCUT2D eigenvalue weighted by Crippen LogP contribution is 2.20. The molecule has 0 spiro atoms. The molecular weight excluding hydrogens is 214 g/mol. The van der Waals surface area contributed by atoms with Crippen molar-refractivity contribution < 1.29 is 4.74 Å². The number of rotatable bonds is 8. The fourth-order valence-electron chi connectivity index (χ4n) is 1.38. The highest BCUT2D eigenvalue weighted by molar-refractivity contribution is 5.49. The van der Waals surface area contributed by atoms with Gasteiger partial charge in [-0.1, -0.05) is 13.8 Å². The molecule has 1 N–H and O–H groups in total. The van der Waals surface area contributed by atoms with E-state index in [0.717, 1.165) is 44.2 Å². The van der Waals surface area contributed by atoms with Crippen LogP contribution in [0.15, 0.2) is 18.3 Å². The van der Waals surface area contributed by atoms with Crippen molar-refractivity contribution in [1.82, 2.24) is 9.88 Å². The Hall–Kier alpha value is -1.29. The second kappa shape index (κ2) is 7.90. The van der Waals surface area contributed by atoms with E-state index in [1.165, 1.54) is 0 Å². The van der Waals surface area contributed by atoms with Crippen molar-refractivity contribution in [1.29, 1.82) is 0 Å². The van der Waals surface area contributed by atoms with Crippen molar-refractivity contribution in [2.75, 3.05) is 38.6 Å². The minimum atomic E-state index is 0.731. The molecule has 0 aliphatic carbocycles. The summed E-state index contributed by atoms with van der Waals surface area (Å²) in [5.41, 5.74) is 0. The molecule has 4 nitrogen and oxygen atoms in total. The van der Waals surface area contributed by atoms with E-state index < -0.39 is 0 Å². The lowest BCUT2D eigenvalue weighted by Crippen LogP contribution is -2.25. The van der Waals surface area contributed by atoms with E-state index in [-0.39, 0.29) is 0 Å². The highest BCUT2D eigenvalue weighted by Gasteiger charge is 2.03. The monoisotopic (exact) mass is 237 g/mol. The van der Waals surface area contributed by atoms with Crippen LogP contribution in [0.5, 0.6) is 5.75 Å². The largest absolute Gasteiger partial charge is 0.490 e. The van der Waals surface area contributed by atoms with Gasteiger partial charge in [0.1, 0.15) is 0 Å². The fourth-order valence-corrected chi connectivity index (χ4v) is 1.38. The van der Waals surface area contributed by atoms with Crippen LogP contribution in [0.1, 0.15) is 20.3 Å². The number of anilines is 1. The lowest BCUT2D eigenvalue weighted by molar-refractivity contribution is 0.317. The molecule has 0 amide bonds. The number of nitrogens with zero attached hydrogens (tertiary/aromatic N) is 2. The van der Waals surface area contributed by atoms with Crippen LogP contribution in [0.2, 0.25) is 0 Å². The summed E-state index contributed by atoms with van der Waals surface area (Å²) in [5.74, 6) is 1.68. The lowest BCUT2D eigenvalue weighted by atomic mass is 10.4. The van der Waals surface area contributed by atoms with Gasteiger partial charge < -0.3 is 15.0 Å². The summed E-state index contributed by atoms with van der Waals surface area (Å²) in [6.45, 7) is 7.92. The van der Waals surface area contributed by atoms with Gasteiger partial charge in [0.05, 0.1) is 6.61 Å². The number of hydrogen-bond acceptors (Lipinski definition) is 4. The van der Waals surface area contributed by atoms with Gasteiger partial charge in [0.25, 0.3) is 0 Å². The average Bonchev–Trinajstić information content (AvgIpc) is 2.37. The zero-order chi connectivity index (χ0) is 12.5. The molecule has 96 valence electrons. The van der Waals surface area contributed by atoms with E-state index in [0.29, 0.717) is 0 Å². The Bertz CT molecular complexity index is 317. The molecule has 0 aliphatic rings. The van der Waals surface area contributed by atoms with Crippen LogP contribution >= 0.6 is 0 Å². The molecule has 1 rings (SSSR count). The SMILES string of the molecule is CCCOc1cccnc1NCCN(C)CC. The summed E-state index contributed by atoms with van der Waals surface area (Å²) >= 11 is 0. The molecule has 1 aromatic rings. The first-order chi connectivity index (χ1) is 8.27. The zero-order valence-electron chi connectivity index (χ0n) is 11.1. The molecule has 0 saturated carbocycles. The number of likely N-dealkylation sites (N-methyl/N-ethyl adjacent to an activating group) is 1. The molecule has 0 bridgehead atoms. The molecule has 4 heteroatoms. The van der Waals surface area contributed by atoms with Crippen LogP contribution < -0.4 is 10.1 Å². The summed E-state index contributed by atoms with van der Waals surface area (Å²) in [6.07, 6.45) is 2.79. The molecule has 0 saturated heterocycles. The second-order valence-electron chi connectivity index (χ2n) is 4.02. The number of nitrogens with one attached hydrogen (secondary N) is 1. The summed E-state index contributed by atoms with van der Waals surface area (Å²) in [5, 5.41) is 3.31. The Balaban J connectivity index is 2.45. The first-order valence-electron chi connectivity index (χ1n) is 6.28. The second-order valence-corrected chi connectivity index (χ2v) is 4.02. The molecular formula is C13H23N3O. The summed E-state index contributed by atoms with van der Waals surface area (Å²) in [4.78, 5) is 6.55. The van der Waals surface area contributed by atoms with E-state index in [2.05, 4.69) is 36.1 Å². The van der Waals surface area contributed by atoms with Crippen LogP contribution in [-0.4, -0.2) is 43.2 Å². The Kier molecular flexibility index (Phi) is 6.40. The molecule has 0 fully saturated rings. The van der Waals surface area contributed by atoms with Crippen LogP contribution in [-0.2, 0) is 0 Å². The number of hydrogen-bond donors (Lipinski definition) is 1. The smallest absolute Gasteiger partial charge is 0.168 e.